The van der Waals surface area contributed by atoms with Crippen LogP contribution in [0.25, 0.3) is 0 Å². The number of carbonyl (C=O) groups excluding carboxylic acids is 3. The summed E-state index contributed by atoms with van der Waals surface area (Å²) in [5, 5.41) is 16.3. The Morgan fingerprint density at radius 2 is 1.65 bits per heavy atom. The fraction of sp³-hybridized carbons (Fsp3) is 0.444. The third kappa shape index (κ3) is 6.92. The summed E-state index contributed by atoms with van der Waals surface area (Å²) < 4.78 is 0. The summed E-state index contributed by atoms with van der Waals surface area (Å²) in [6.45, 7) is 6.90. The third-order valence-electron chi connectivity index (χ3n) is 3.46. The smallest absolute Gasteiger partial charge is 0.305 e. The predicted octanol–water partition coefficient (Wildman–Crippen LogP) is 1.38. The zero-order chi connectivity index (χ0) is 19.9. The number of rotatable bonds is 7. The molecule has 8 heteroatoms. The van der Waals surface area contributed by atoms with Crippen molar-refractivity contribution in [3.05, 3.63) is 29.8 Å². The van der Waals surface area contributed by atoms with Crippen LogP contribution in [-0.2, 0) is 14.4 Å². The molecule has 0 heterocycles. The minimum absolute atomic E-state index is 0.0393. The predicted molar refractivity (Wildman–Crippen MR) is 96.7 cm³/mol. The fourth-order valence-electron chi connectivity index (χ4n) is 1.82. The largest absolute Gasteiger partial charge is 0.481 e. The highest BCUT2D eigenvalue weighted by atomic mass is 16.4. The molecule has 4 N–H and O–H groups in total. The van der Waals surface area contributed by atoms with E-state index >= 15 is 0 Å². The molecule has 0 saturated carbocycles. The van der Waals surface area contributed by atoms with Crippen molar-refractivity contribution in [2.45, 2.75) is 40.2 Å². The van der Waals surface area contributed by atoms with Crippen LogP contribution in [0.5, 0.6) is 0 Å². The lowest BCUT2D eigenvalue weighted by Gasteiger charge is -2.21. The minimum atomic E-state index is -0.990. The van der Waals surface area contributed by atoms with Gasteiger partial charge in [0.15, 0.2) is 0 Å². The van der Waals surface area contributed by atoms with Crippen LogP contribution < -0.4 is 16.0 Å². The first-order valence-corrected chi connectivity index (χ1v) is 8.22. The maximum Gasteiger partial charge on any atom is 0.305 e. The Balaban J connectivity index is 2.58. The lowest BCUT2D eigenvalue weighted by Crippen LogP contribution is -2.46. The standard InChI is InChI=1S/C18H25N3O5/c1-11(20-17(26)18(2,3)4)15(24)21-13-7-5-12(6-8-13)16(25)19-10-9-14(22)23/h5-8,11H,9-10H2,1-4H3,(H,19,25)(H,20,26)(H,21,24)(H,22,23). The van der Waals surface area contributed by atoms with Gasteiger partial charge in [-0.05, 0) is 31.2 Å². The van der Waals surface area contributed by atoms with E-state index < -0.39 is 23.3 Å². The number of benzene rings is 1. The van der Waals surface area contributed by atoms with Crippen molar-refractivity contribution >= 4 is 29.4 Å². The molecule has 1 atom stereocenters. The zero-order valence-corrected chi connectivity index (χ0v) is 15.4. The van der Waals surface area contributed by atoms with Crippen molar-refractivity contribution in [2.24, 2.45) is 5.41 Å². The third-order valence-corrected chi connectivity index (χ3v) is 3.46. The molecule has 26 heavy (non-hydrogen) atoms. The van der Waals surface area contributed by atoms with E-state index in [1.807, 2.05) is 0 Å². The highest BCUT2D eigenvalue weighted by Crippen LogP contribution is 2.14. The summed E-state index contributed by atoms with van der Waals surface area (Å²) >= 11 is 0. The molecule has 142 valence electrons. The number of anilines is 1. The van der Waals surface area contributed by atoms with Gasteiger partial charge in [0.25, 0.3) is 5.91 Å². The Bertz CT molecular complexity index is 677. The summed E-state index contributed by atoms with van der Waals surface area (Å²) in [5.74, 6) is -1.99. The van der Waals surface area contributed by atoms with Crippen LogP contribution in [-0.4, -0.2) is 41.4 Å². The SMILES string of the molecule is CC(NC(=O)C(C)(C)C)C(=O)Nc1ccc(C(=O)NCCC(=O)O)cc1. The van der Waals surface area contributed by atoms with Crippen LogP contribution in [0.1, 0.15) is 44.5 Å². The minimum Gasteiger partial charge on any atom is -0.481 e. The van der Waals surface area contributed by atoms with E-state index in [0.29, 0.717) is 11.3 Å². The highest BCUT2D eigenvalue weighted by molar-refractivity contribution is 5.98. The molecule has 0 bridgehead atoms. The zero-order valence-electron chi connectivity index (χ0n) is 15.4. The van der Waals surface area contributed by atoms with Crippen molar-refractivity contribution in [1.29, 1.82) is 0 Å². The molecular weight excluding hydrogens is 338 g/mol. The van der Waals surface area contributed by atoms with Gasteiger partial charge in [-0.1, -0.05) is 20.8 Å². The van der Waals surface area contributed by atoms with E-state index in [-0.39, 0.29) is 24.8 Å². The van der Waals surface area contributed by atoms with Crippen molar-refractivity contribution < 1.29 is 24.3 Å². The van der Waals surface area contributed by atoms with Gasteiger partial charge in [-0.25, -0.2) is 0 Å². The van der Waals surface area contributed by atoms with E-state index in [1.54, 1.807) is 39.8 Å². The number of carbonyl (C=O) groups is 4. The molecule has 0 aliphatic heterocycles. The van der Waals surface area contributed by atoms with E-state index in [9.17, 15) is 19.2 Å². The fourth-order valence-corrected chi connectivity index (χ4v) is 1.82. The average molecular weight is 363 g/mol. The number of hydrogen-bond acceptors (Lipinski definition) is 4. The quantitative estimate of drug-likeness (QED) is 0.582. The first-order chi connectivity index (χ1) is 12.0. The molecule has 0 fully saturated rings. The van der Waals surface area contributed by atoms with Crippen LogP contribution in [0.4, 0.5) is 5.69 Å². The molecule has 1 aromatic rings. The summed E-state index contributed by atoms with van der Waals surface area (Å²) in [5.41, 5.74) is 0.237. The molecule has 3 amide bonds. The van der Waals surface area contributed by atoms with Gasteiger partial charge in [0.1, 0.15) is 6.04 Å². The van der Waals surface area contributed by atoms with Gasteiger partial charge in [0, 0.05) is 23.2 Å². The van der Waals surface area contributed by atoms with Gasteiger partial charge in [-0.15, -0.1) is 0 Å². The van der Waals surface area contributed by atoms with Crippen LogP contribution in [0.3, 0.4) is 0 Å². The van der Waals surface area contributed by atoms with E-state index in [0.717, 1.165) is 0 Å². The normalized spacial score (nSPS) is 12.0. The monoisotopic (exact) mass is 363 g/mol. The van der Waals surface area contributed by atoms with Gasteiger partial charge in [-0.2, -0.15) is 0 Å². The molecule has 0 aromatic heterocycles. The summed E-state index contributed by atoms with van der Waals surface area (Å²) in [6, 6.07) is 5.44. The van der Waals surface area contributed by atoms with Crippen LogP contribution in [0.2, 0.25) is 0 Å². The van der Waals surface area contributed by atoms with Crippen molar-refractivity contribution in [3.8, 4) is 0 Å². The molecule has 1 aromatic carbocycles. The van der Waals surface area contributed by atoms with Crippen molar-refractivity contribution in [2.75, 3.05) is 11.9 Å². The second-order valence-corrected chi connectivity index (χ2v) is 6.91. The summed E-state index contributed by atoms with van der Waals surface area (Å²) in [4.78, 5) is 46.3. The summed E-state index contributed by atoms with van der Waals surface area (Å²) in [6.07, 6.45) is -0.155. The molecule has 1 rings (SSSR count). The van der Waals surface area contributed by atoms with Crippen LogP contribution >= 0.6 is 0 Å². The Morgan fingerprint density at radius 1 is 1.08 bits per heavy atom. The number of carboxylic acid groups (broad SMARTS) is 1. The van der Waals surface area contributed by atoms with E-state index in [2.05, 4.69) is 16.0 Å². The summed E-state index contributed by atoms with van der Waals surface area (Å²) in [7, 11) is 0. The van der Waals surface area contributed by atoms with Gasteiger partial charge in [-0.3, -0.25) is 19.2 Å². The molecular formula is C18H25N3O5. The number of nitrogens with one attached hydrogen (secondary N) is 3. The van der Waals surface area contributed by atoms with Crippen LogP contribution in [0, 0.1) is 5.41 Å². The lowest BCUT2D eigenvalue weighted by atomic mass is 9.95. The second kappa shape index (κ2) is 8.98. The van der Waals surface area contributed by atoms with Gasteiger partial charge < -0.3 is 21.1 Å². The van der Waals surface area contributed by atoms with Gasteiger partial charge >= 0.3 is 5.97 Å². The maximum atomic E-state index is 12.1. The van der Waals surface area contributed by atoms with Gasteiger partial charge in [0.05, 0.1) is 6.42 Å². The maximum absolute atomic E-state index is 12.1. The first-order valence-electron chi connectivity index (χ1n) is 8.22. The lowest BCUT2D eigenvalue weighted by molar-refractivity contribution is -0.136. The average Bonchev–Trinajstić information content (AvgIpc) is 2.54. The highest BCUT2D eigenvalue weighted by Gasteiger charge is 2.25. The Morgan fingerprint density at radius 3 is 2.15 bits per heavy atom. The molecule has 8 nitrogen and oxygen atoms in total. The van der Waals surface area contributed by atoms with E-state index in [1.165, 1.54) is 12.1 Å². The first kappa shape index (κ1) is 21.1. The molecule has 0 radical (unpaired) electrons. The molecule has 0 aliphatic rings. The Hall–Kier alpha value is -2.90. The number of carboxylic acids is 1. The molecule has 0 spiro atoms. The van der Waals surface area contributed by atoms with Gasteiger partial charge in [0.2, 0.25) is 11.8 Å². The number of hydrogen-bond donors (Lipinski definition) is 4. The van der Waals surface area contributed by atoms with Crippen molar-refractivity contribution in [1.82, 2.24) is 10.6 Å². The molecule has 0 aliphatic carbocycles. The van der Waals surface area contributed by atoms with Crippen molar-refractivity contribution in [3.63, 3.8) is 0 Å². The topological polar surface area (TPSA) is 125 Å². The Kier molecular flexibility index (Phi) is 7.30. The molecule has 0 saturated heterocycles. The van der Waals surface area contributed by atoms with E-state index in [4.69, 9.17) is 5.11 Å². The number of amides is 3. The van der Waals surface area contributed by atoms with Crippen LogP contribution in [0.15, 0.2) is 24.3 Å². The Labute approximate surface area is 152 Å². The molecule has 1 unspecified atom stereocenters. The number of aliphatic carboxylic acids is 1. The second-order valence-electron chi connectivity index (χ2n) is 6.91.